The van der Waals surface area contributed by atoms with E-state index in [2.05, 4.69) is 22.2 Å². The minimum absolute atomic E-state index is 0.0516. The van der Waals surface area contributed by atoms with Gasteiger partial charge in [0.25, 0.3) is 0 Å². The molecule has 1 unspecified atom stereocenters. The molecule has 0 aliphatic carbocycles. The summed E-state index contributed by atoms with van der Waals surface area (Å²) in [6.07, 6.45) is 1.73. The van der Waals surface area contributed by atoms with E-state index in [0.717, 1.165) is 11.5 Å². The van der Waals surface area contributed by atoms with Crippen LogP contribution in [0, 0.1) is 6.92 Å². The molecule has 6 nitrogen and oxygen atoms in total. The lowest BCUT2D eigenvalue weighted by Gasteiger charge is -2.16. The van der Waals surface area contributed by atoms with Gasteiger partial charge in [0.1, 0.15) is 18.1 Å². The van der Waals surface area contributed by atoms with Gasteiger partial charge in [0, 0.05) is 20.6 Å². The first-order valence-electron chi connectivity index (χ1n) is 6.86. The maximum atomic E-state index is 11.6. The fourth-order valence-electron chi connectivity index (χ4n) is 1.57. The summed E-state index contributed by atoms with van der Waals surface area (Å²) in [6.45, 7) is 8.18. The molecule has 116 valence electrons. The number of hydrogen-bond acceptors (Lipinski definition) is 3. The van der Waals surface area contributed by atoms with Gasteiger partial charge in [-0.2, -0.15) is 0 Å². The Kier molecular flexibility index (Phi) is 6.52. The molecule has 0 spiro atoms. The van der Waals surface area contributed by atoms with Crippen molar-refractivity contribution in [2.24, 2.45) is 4.99 Å². The molecule has 1 rings (SSSR count). The van der Waals surface area contributed by atoms with Crippen LogP contribution < -0.4 is 10.6 Å². The first kappa shape index (κ1) is 16.8. The van der Waals surface area contributed by atoms with Crippen LogP contribution in [0.15, 0.2) is 34.2 Å². The number of aryl methyl sites for hydroxylation is 1. The number of nitrogens with one attached hydrogen (secondary N) is 2. The average Bonchev–Trinajstić information content (AvgIpc) is 2.87. The van der Waals surface area contributed by atoms with E-state index in [1.807, 2.05) is 26.0 Å². The highest BCUT2D eigenvalue weighted by Crippen LogP contribution is 2.15. The molecule has 1 amide bonds. The summed E-state index contributed by atoms with van der Waals surface area (Å²) >= 11 is 0. The Labute approximate surface area is 125 Å². The fraction of sp³-hybridized carbons (Fsp3) is 0.467. The summed E-state index contributed by atoms with van der Waals surface area (Å²) in [6, 6.07) is 3.78. The predicted octanol–water partition coefficient (Wildman–Crippen LogP) is 1.46. The van der Waals surface area contributed by atoms with Crippen LogP contribution in [0.3, 0.4) is 0 Å². The SMILES string of the molecule is C=CCNC(=NCC(=O)N(C)C)NC(C)c1ccc(C)o1. The summed E-state index contributed by atoms with van der Waals surface area (Å²) < 4.78 is 5.57. The lowest BCUT2D eigenvalue weighted by Crippen LogP contribution is -2.39. The highest BCUT2D eigenvalue weighted by atomic mass is 16.3. The highest BCUT2D eigenvalue weighted by molar-refractivity contribution is 5.85. The number of aliphatic imine (C=N–C) groups is 1. The molecular formula is C15H24N4O2. The Morgan fingerprint density at radius 1 is 1.52 bits per heavy atom. The lowest BCUT2D eigenvalue weighted by atomic mass is 10.2. The predicted molar refractivity (Wildman–Crippen MR) is 84.2 cm³/mol. The molecule has 0 saturated heterocycles. The molecule has 1 atom stereocenters. The molecule has 0 bridgehead atoms. The van der Waals surface area contributed by atoms with E-state index in [1.165, 1.54) is 4.90 Å². The zero-order valence-corrected chi connectivity index (χ0v) is 13.1. The van der Waals surface area contributed by atoms with Gasteiger partial charge >= 0.3 is 0 Å². The number of amides is 1. The van der Waals surface area contributed by atoms with Crippen molar-refractivity contribution in [1.82, 2.24) is 15.5 Å². The molecule has 0 fully saturated rings. The van der Waals surface area contributed by atoms with Crippen molar-refractivity contribution in [3.63, 3.8) is 0 Å². The third-order valence-electron chi connectivity index (χ3n) is 2.83. The van der Waals surface area contributed by atoms with E-state index in [1.54, 1.807) is 20.2 Å². The maximum absolute atomic E-state index is 11.6. The Bertz CT molecular complexity index is 506. The molecule has 0 aliphatic rings. The molecular weight excluding hydrogens is 268 g/mol. The largest absolute Gasteiger partial charge is 0.464 e. The molecule has 0 saturated carbocycles. The van der Waals surface area contributed by atoms with Gasteiger partial charge in [-0.15, -0.1) is 6.58 Å². The van der Waals surface area contributed by atoms with Gasteiger partial charge in [-0.3, -0.25) is 4.79 Å². The van der Waals surface area contributed by atoms with Crippen molar-refractivity contribution in [2.75, 3.05) is 27.2 Å². The Hall–Kier alpha value is -2.24. The van der Waals surface area contributed by atoms with Crippen molar-refractivity contribution in [1.29, 1.82) is 0 Å². The minimum Gasteiger partial charge on any atom is -0.464 e. The topological polar surface area (TPSA) is 69.9 Å². The summed E-state index contributed by atoms with van der Waals surface area (Å²) in [5.74, 6) is 2.17. The molecule has 1 aromatic heterocycles. The van der Waals surface area contributed by atoms with Gasteiger partial charge in [-0.05, 0) is 26.0 Å². The fourth-order valence-corrected chi connectivity index (χ4v) is 1.57. The third kappa shape index (κ3) is 5.72. The maximum Gasteiger partial charge on any atom is 0.243 e. The Morgan fingerprint density at radius 3 is 2.76 bits per heavy atom. The van der Waals surface area contributed by atoms with Crippen LogP contribution in [0.1, 0.15) is 24.5 Å². The number of carbonyl (C=O) groups is 1. The standard InChI is InChI=1S/C15H24N4O2/c1-6-9-16-15(17-10-14(20)19(4)5)18-12(3)13-8-7-11(2)21-13/h6-8,12H,1,9-10H2,2-5H3,(H2,16,17,18). The summed E-state index contributed by atoms with van der Waals surface area (Å²) in [5.41, 5.74) is 0. The van der Waals surface area contributed by atoms with Crippen LogP contribution in [-0.4, -0.2) is 44.0 Å². The normalized spacial score (nSPS) is 12.7. The average molecular weight is 292 g/mol. The second kappa shape index (κ2) is 8.14. The zero-order valence-electron chi connectivity index (χ0n) is 13.1. The van der Waals surface area contributed by atoms with Crippen molar-refractivity contribution >= 4 is 11.9 Å². The van der Waals surface area contributed by atoms with Gasteiger partial charge in [0.2, 0.25) is 5.91 Å². The molecule has 1 heterocycles. The van der Waals surface area contributed by atoms with Gasteiger partial charge in [-0.1, -0.05) is 6.08 Å². The third-order valence-corrected chi connectivity index (χ3v) is 2.83. The van der Waals surface area contributed by atoms with Gasteiger partial charge in [-0.25, -0.2) is 4.99 Å². The highest BCUT2D eigenvalue weighted by Gasteiger charge is 2.12. The van der Waals surface area contributed by atoms with Crippen molar-refractivity contribution in [3.8, 4) is 0 Å². The van der Waals surface area contributed by atoms with E-state index in [4.69, 9.17) is 4.42 Å². The van der Waals surface area contributed by atoms with Crippen LogP contribution in [0.5, 0.6) is 0 Å². The van der Waals surface area contributed by atoms with Gasteiger partial charge in [0.05, 0.1) is 6.04 Å². The number of nitrogens with zero attached hydrogens (tertiary/aromatic N) is 2. The van der Waals surface area contributed by atoms with Gasteiger partial charge < -0.3 is 20.0 Å². The smallest absolute Gasteiger partial charge is 0.243 e. The molecule has 0 aliphatic heterocycles. The Balaban J connectivity index is 2.70. The first-order valence-corrected chi connectivity index (χ1v) is 6.86. The number of hydrogen-bond donors (Lipinski definition) is 2. The summed E-state index contributed by atoms with van der Waals surface area (Å²) in [4.78, 5) is 17.4. The summed E-state index contributed by atoms with van der Waals surface area (Å²) in [7, 11) is 3.41. The summed E-state index contributed by atoms with van der Waals surface area (Å²) in [5, 5.41) is 6.28. The van der Waals surface area contributed by atoms with Crippen LogP contribution >= 0.6 is 0 Å². The number of carbonyl (C=O) groups excluding carboxylic acids is 1. The number of furan rings is 1. The number of rotatable bonds is 6. The number of guanidine groups is 1. The monoisotopic (exact) mass is 292 g/mol. The molecule has 1 aromatic rings. The molecule has 0 aromatic carbocycles. The molecule has 6 heteroatoms. The second-order valence-corrected chi connectivity index (χ2v) is 4.94. The lowest BCUT2D eigenvalue weighted by molar-refractivity contribution is -0.127. The van der Waals surface area contributed by atoms with Crippen LogP contribution in [0.25, 0.3) is 0 Å². The van der Waals surface area contributed by atoms with E-state index < -0.39 is 0 Å². The van der Waals surface area contributed by atoms with Crippen molar-refractivity contribution < 1.29 is 9.21 Å². The molecule has 21 heavy (non-hydrogen) atoms. The molecule has 0 radical (unpaired) electrons. The van der Waals surface area contributed by atoms with E-state index >= 15 is 0 Å². The van der Waals surface area contributed by atoms with E-state index in [9.17, 15) is 4.79 Å². The Morgan fingerprint density at radius 2 is 2.24 bits per heavy atom. The van der Waals surface area contributed by atoms with Crippen molar-refractivity contribution in [3.05, 3.63) is 36.3 Å². The van der Waals surface area contributed by atoms with Crippen LogP contribution in [-0.2, 0) is 4.79 Å². The zero-order chi connectivity index (χ0) is 15.8. The van der Waals surface area contributed by atoms with Crippen LogP contribution in [0.4, 0.5) is 0 Å². The van der Waals surface area contributed by atoms with Gasteiger partial charge in [0.15, 0.2) is 5.96 Å². The van der Waals surface area contributed by atoms with Crippen molar-refractivity contribution in [2.45, 2.75) is 19.9 Å². The number of likely N-dealkylation sites (N-methyl/N-ethyl adjacent to an activating group) is 1. The minimum atomic E-state index is -0.0591. The molecule has 2 N–H and O–H groups in total. The van der Waals surface area contributed by atoms with E-state index in [0.29, 0.717) is 12.5 Å². The van der Waals surface area contributed by atoms with Crippen LogP contribution in [0.2, 0.25) is 0 Å². The quantitative estimate of drug-likeness (QED) is 0.473. The first-order chi connectivity index (χ1) is 9.93. The second-order valence-electron chi connectivity index (χ2n) is 4.94. The van der Waals surface area contributed by atoms with E-state index in [-0.39, 0.29) is 18.5 Å².